The van der Waals surface area contributed by atoms with E-state index in [9.17, 15) is 0 Å². The van der Waals surface area contributed by atoms with Gasteiger partial charge in [0.2, 0.25) is 0 Å². The Kier molecular flexibility index (Phi) is 10.7. The molecule has 25 heavy (non-hydrogen) atoms. The maximum absolute atomic E-state index is 2.56. The van der Waals surface area contributed by atoms with Crippen LogP contribution in [0.15, 0.2) is 0 Å². The molecule has 0 unspecified atom stereocenters. The van der Waals surface area contributed by atoms with Crippen LogP contribution in [0.2, 0.25) is 0 Å². The molecule has 148 valence electrons. The molecule has 0 aromatic carbocycles. The molecular formula is C23H44S2. The van der Waals surface area contributed by atoms with Crippen molar-refractivity contribution < 1.29 is 0 Å². The molecule has 1 saturated heterocycles. The first-order valence-electron chi connectivity index (χ1n) is 11.4. The molecule has 2 aliphatic rings. The van der Waals surface area contributed by atoms with Gasteiger partial charge in [-0.3, -0.25) is 0 Å². The van der Waals surface area contributed by atoms with E-state index in [2.05, 4.69) is 44.3 Å². The highest BCUT2D eigenvalue weighted by atomic mass is 32.2. The van der Waals surface area contributed by atoms with Gasteiger partial charge in [-0.05, 0) is 36.5 Å². The molecule has 2 fully saturated rings. The Balaban J connectivity index is 1.60. The summed E-state index contributed by atoms with van der Waals surface area (Å²) in [6.45, 7) is 7.20. The largest absolute Gasteiger partial charge is 0.147 e. The molecule has 0 atom stereocenters. The topological polar surface area (TPSA) is 0 Å². The van der Waals surface area contributed by atoms with Crippen LogP contribution in [0.5, 0.6) is 0 Å². The summed E-state index contributed by atoms with van der Waals surface area (Å²) >= 11 is 4.66. The first kappa shape index (κ1) is 22.0. The fraction of sp³-hybridized carbons (Fsp3) is 1.00. The molecule has 1 saturated carbocycles. The first-order chi connectivity index (χ1) is 12.2. The van der Waals surface area contributed by atoms with Crippen molar-refractivity contribution in [3.63, 3.8) is 0 Å². The summed E-state index contributed by atoms with van der Waals surface area (Å²) in [6.07, 6.45) is 20.6. The third-order valence-electron chi connectivity index (χ3n) is 6.57. The molecule has 0 aromatic heterocycles. The van der Waals surface area contributed by atoms with Gasteiger partial charge in [-0.1, -0.05) is 91.4 Å². The third kappa shape index (κ3) is 8.08. The van der Waals surface area contributed by atoms with Crippen molar-refractivity contribution in [3.05, 3.63) is 0 Å². The number of hydrogen-bond acceptors (Lipinski definition) is 2. The van der Waals surface area contributed by atoms with E-state index in [-0.39, 0.29) is 0 Å². The molecule has 1 aliphatic carbocycles. The summed E-state index contributed by atoms with van der Waals surface area (Å²) in [6, 6.07) is 0. The van der Waals surface area contributed by atoms with Crippen LogP contribution in [0, 0.1) is 17.3 Å². The third-order valence-corrected chi connectivity index (χ3v) is 10.5. The lowest BCUT2D eigenvalue weighted by Crippen LogP contribution is -2.33. The van der Waals surface area contributed by atoms with Gasteiger partial charge in [-0.25, -0.2) is 0 Å². The van der Waals surface area contributed by atoms with E-state index in [0.717, 1.165) is 16.4 Å². The number of hydrogen-bond donors (Lipinski definition) is 0. The van der Waals surface area contributed by atoms with Gasteiger partial charge < -0.3 is 0 Å². The van der Waals surface area contributed by atoms with Gasteiger partial charge in [0, 0.05) is 11.5 Å². The minimum absolute atomic E-state index is 0.620. The smallest absolute Gasteiger partial charge is 0.0531 e. The maximum atomic E-state index is 2.56. The standard InChI is InChI=1S/C23H44S2/c1-4-6-8-9-11-17-23(3)18-24-22(25-19-23)21-15-13-20(14-16-21)12-10-7-5-2/h20-22H,4-19H2,1-3H3. The summed E-state index contributed by atoms with van der Waals surface area (Å²) < 4.78 is 0.921. The van der Waals surface area contributed by atoms with Crippen LogP contribution >= 0.6 is 23.5 Å². The molecular weight excluding hydrogens is 340 g/mol. The van der Waals surface area contributed by atoms with Crippen LogP contribution in [0.1, 0.15) is 111 Å². The highest BCUT2D eigenvalue weighted by Gasteiger charge is 2.36. The number of thioether (sulfide) groups is 2. The molecule has 0 bridgehead atoms. The van der Waals surface area contributed by atoms with E-state index in [1.807, 2.05) is 0 Å². The lowest BCUT2D eigenvalue weighted by molar-refractivity contribution is 0.268. The van der Waals surface area contributed by atoms with E-state index >= 15 is 0 Å². The monoisotopic (exact) mass is 384 g/mol. The molecule has 0 N–H and O–H groups in total. The summed E-state index contributed by atoms with van der Waals surface area (Å²) in [5.41, 5.74) is 0.620. The summed E-state index contributed by atoms with van der Waals surface area (Å²) in [4.78, 5) is 0. The van der Waals surface area contributed by atoms with E-state index in [0.29, 0.717) is 5.41 Å². The van der Waals surface area contributed by atoms with Gasteiger partial charge in [0.05, 0.1) is 4.58 Å². The minimum Gasteiger partial charge on any atom is -0.147 e. The van der Waals surface area contributed by atoms with Crippen LogP contribution in [0.4, 0.5) is 0 Å². The van der Waals surface area contributed by atoms with Gasteiger partial charge in [-0.15, -0.1) is 23.5 Å². The van der Waals surface area contributed by atoms with Crippen molar-refractivity contribution in [1.29, 1.82) is 0 Å². The van der Waals surface area contributed by atoms with E-state index in [1.54, 1.807) is 0 Å². The van der Waals surface area contributed by atoms with Crippen LogP contribution in [-0.4, -0.2) is 16.1 Å². The fourth-order valence-corrected chi connectivity index (χ4v) is 8.30. The predicted molar refractivity (Wildman–Crippen MR) is 120 cm³/mol. The quantitative estimate of drug-likeness (QED) is 0.327. The molecule has 0 aromatic rings. The van der Waals surface area contributed by atoms with E-state index in [4.69, 9.17) is 0 Å². The molecule has 1 heterocycles. The SMILES string of the molecule is CCCCCCCC1(C)CSC(C2CCC(CCCCC)CC2)SC1. The lowest BCUT2D eigenvalue weighted by Gasteiger charge is -2.41. The van der Waals surface area contributed by atoms with E-state index in [1.165, 1.54) is 101 Å². The Hall–Kier alpha value is 0.700. The van der Waals surface area contributed by atoms with Crippen LogP contribution < -0.4 is 0 Å². The second-order valence-corrected chi connectivity index (χ2v) is 11.8. The average molecular weight is 385 g/mol. The zero-order chi connectivity index (χ0) is 18.0. The molecule has 2 heteroatoms. The van der Waals surface area contributed by atoms with Crippen molar-refractivity contribution in [1.82, 2.24) is 0 Å². The van der Waals surface area contributed by atoms with Crippen molar-refractivity contribution in [2.24, 2.45) is 17.3 Å². The van der Waals surface area contributed by atoms with Crippen LogP contribution in [-0.2, 0) is 0 Å². The molecule has 1 aliphatic heterocycles. The Morgan fingerprint density at radius 2 is 1.36 bits per heavy atom. The second kappa shape index (κ2) is 12.2. The maximum Gasteiger partial charge on any atom is 0.0531 e. The van der Waals surface area contributed by atoms with Gasteiger partial charge in [0.1, 0.15) is 0 Å². The highest BCUT2D eigenvalue weighted by Crippen LogP contribution is 2.49. The molecule has 0 radical (unpaired) electrons. The van der Waals surface area contributed by atoms with Crippen molar-refractivity contribution in [3.8, 4) is 0 Å². The number of unbranched alkanes of at least 4 members (excludes halogenated alkanes) is 6. The number of rotatable bonds is 11. The van der Waals surface area contributed by atoms with Gasteiger partial charge >= 0.3 is 0 Å². The van der Waals surface area contributed by atoms with E-state index < -0.39 is 0 Å². The summed E-state index contributed by atoms with van der Waals surface area (Å²) in [7, 11) is 0. The zero-order valence-electron chi connectivity index (χ0n) is 17.4. The van der Waals surface area contributed by atoms with Gasteiger partial charge in [0.25, 0.3) is 0 Å². The normalized spacial score (nSPS) is 33.5. The Morgan fingerprint density at radius 1 is 0.760 bits per heavy atom. The summed E-state index contributed by atoms with van der Waals surface area (Å²) in [5, 5.41) is 0. The molecule has 0 amide bonds. The second-order valence-electron chi connectivity index (χ2n) is 9.24. The molecule has 2 rings (SSSR count). The minimum atomic E-state index is 0.620. The van der Waals surface area contributed by atoms with Crippen molar-refractivity contribution in [2.45, 2.75) is 115 Å². The Bertz CT molecular complexity index is 325. The van der Waals surface area contributed by atoms with Crippen LogP contribution in [0.3, 0.4) is 0 Å². The predicted octanol–water partition coefficient (Wildman–Crippen LogP) is 8.55. The van der Waals surface area contributed by atoms with Crippen molar-refractivity contribution >= 4 is 23.5 Å². The molecule has 0 nitrogen and oxygen atoms in total. The van der Waals surface area contributed by atoms with Crippen LogP contribution in [0.25, 0.3) is 0 Å². The average Bonchev–Trinajstić information content (AvgIpc) is 2.63. The zero-order valence-corrected chi connectivity index (χ0v) is 19.0. The Morgan fingerprint density at radius 3 is 2.00 bits per heavy atom. The Labute approximate surface area is 167 Å². The van der Waals surface area contributed by atoms with Gasteiger partial charge in [-0.2, -0.15) is 0 Å². The van der Waals surface area contributed by atoms with Gasteiger partial charge in [0.15, 0.2) is 0 Å². The molecule has 0 spiro atoms. The van der Waals surface area contributed by atoms with Crippen molar-refractivity contribution in [2.75, 3.05) is 11.5 Å². The summed E-state index contributed by atoms with van der Waals surface area (Å²) in [5.74, 6) is 4.94. The lowest BCUT2D eigenvalue weighted by atomic mass is 9.80. The first-order valence-corrected chi connectivity index (χ1v) is 13.5. The fourth-order valence-electron chi connectivity index (χ4n) is 4.66. The highest BCUT2D eigenvalue weighted by molar-refractivity contribution is 8.17.